The number of hydrogen-bond donors (Lipinski definition) is 1. The summed E-state index contributed by atoms with van der Waals surface area (Å²) in [6.45, 7) is 1.42. The van der Waals surface area contributed by atoms with E-state index in [0.29, 0.717) is 18.9 Å². The Morgan fingerprint density at radius 1 is 1.11 bits per heavy atom. The summed E-state index contributed by atoms with van der Waals surface area (Å²) in [5.41, 5.74) is 6.91. The van der Waals surface area contributed by atoms with Gasteiger partial charge in [-0.2, -0.15) is 0 Å². The molecule has 0 unspecified atom stereocenters. The summed E-state index contributed by atoms with van der Waals surface area (Å²) >= 11 is 0. The van der Waals surface area contributed by atoms with Gasteiger partial charge in [0.1, 0.15) is 12.4 Å². The molecule has 0 bridgehead atoms. The SMILES string of the molecule is COCCCCCO/N=C(\N)Cc1ccccc1. The smallest absolute Gasteiger partial charge is 0.143 e. The van der Waals surface area contributed by atoms with Gasteiger partial charge in [0.15, 0.2) is 0 Å². The fourth-order valence-corrected chi connectivity index (χ4v) is 1.56. The molecule has 0 saturated carbocycles. The first-order chi connectivity index (χ1) is 8.83. The molecule has 0 spiro atoms. The second kappa shape index (κ2) is 9.48. The highest BCUT2D eigenvalue weighted by molar-refractivity contribution is 5.82. The number of nitrogens with two attached hydrogens (primary N) is 1. The maximum Gasteiger partial charge on any atom is 0.143 e. The number of ether oxygens (including phenoxy) is 1. The minimum absolute atomic E-state index is 0.512. The summed E-state index contributed by atoms with van der Waals surface area (Å²) in [6, 6.07) is 9.99. The van der Waals surface area contributed by atoms with Crippen molar-refractivity contribution < 1.29 is 9.57 Å². The molecule has 0 aliphatic carbocycles. The van der Waals surface area contributed by atoms with Crippen molar-refractivity contribution in [1.82, 2.24) is 0 Å². The molecule has 1 rings (SSSR count). The van der Waals surface area contributed by atoms with Crippen LogP contribution in [0.2, 0.25) is 0 Å². The van der Waals surface area contributed by atoms with Gasteiger partial charge in [0.25, 0.3) is 0 Å². The van der Waals surface area contributed by atoms with E-state index in [1.807, 2.05) is 30.3 Å². The standard InChI is InChI=1S/C14H22N2O2/c1-17-10-6-3-7-11-18-16-14(15)12-13-8-4-2-5-9-13/h2,4-5,8-9H,3,6-7,10-12H2,1H3,(H2,15,16). The Morgan fingerprint density at radius 2 is 1.83 bits per heavy atom. The topological polar surface area (TPSA) is 56.8 Å². The van der Waals surface area contributed by atoms with Crippen molar-refractivity contribution in [3.05, 3.63) is 35.9 Å². The summed E-state index contributed by atoms with van der Waals surface area (Å²) in [4.78, 5) is 5.17. The lowest BCUT2D eigenvalue weighted by atomic mass is 10.1. The summed E-state index contributed by atoms with van der Waals surface area (Å²) in [7, 11) is 1.71. The maximum absolute atomic E-state index is 5.77. The van der Waals surface area contributed by atoms with Crippen LogP contribution in [0.4, 0.5) is 0 Å². The van der Waals surface area contributed by atoms with Crippen LogP contribution in [0.3, 0.4) is 0 Å². The molecule has 1 aromatic carbocycles. The van der Waals surface area contributed by atoms with Gasteiger partial charge in [-0.05, 0) is 24.8 Å². The highest BCUT2D eigenvalue weighted by Crippen LogP contribution is 2.00. The van der Waals surface area contributed by atoms with E-state index in [4.69, 9.17) is 15.3 Å². The molecule has 2 N–H and O–H groups in total. The largest absolute Gasteiger partial charge is 0.394 e. The van der Waals surface area contributed by atoms with Crippen LogP contribution in [0.1, 0.15) is 24.8 Å². The van der Waals surface area contributed by atoms with E-state index in [-0.39, 0.29) is 0 Å². The van der Waals surface area contributed by atoms with Gasteiger partial charge in [-0.3, -0.25) is 0 Å². The van der Waals surface area contributed by atoms with Crippen molar-refractivity contribution in [1.29, 1.82) is 0 Å². The quantitative estimate of drug-likeness (QED) is 0.317. The lowest BCUT2D eigenvalue weighted by molar-refractivity contribution is 0.134. The highest BCUT2D eigenvalue weighted by Gasteiger charge is 1.96. The van der Waals surface area contributed by atoms with E-state index in [1.165, 1.54) is 0 Å². The fourth-order valence-electron chi connectivity index (χ4n) is 1.56. The first kappa shape index (κ1) is 14.5. The number of oxime groups is 1. The van der Waals surface area contributed by atoms with Crippen LogP contribution < -0.4 is 5.73 Å². The van der Waals surface area contributed by atoms with E-state index < -0.39 is 0 Å². The van der Waals surface area contributed by atoms with Crippen LogP contribution in [0.5, 0.6) is 0 Å². The van der Waals surface area contributed by atoms with Crippen molar-refractivity contribution in [2.75, 3.05) is 20.3 Å². The van der Waals surface area contributed by atoms with Gasteiger partial charge in [0, 0.05) is 20.1 Å². The van der Waals surface area contributed by atoms with Crippen molar-refractivity contribution in [3.8, 4) is 0 Å². The van der Waals surface area contributed by atoms with Gasteiger partial charge in [-0.15, -0.1) is 0 Å². The Bertz CT molecular complexity index is 339. The van der Waals surface area contributed by atoms with Gasteiger partial charge in [0.05, 0.1) is 0 Å². The third-order valence-electron chi connectivity index (χ3n) is 2.49. The Labute approximate surface area is 109 Å². The number of hydrogen-bond acceptors (Lipinski definition) is 3. The van der Waals surface area contributed by atoms with Crippen LogP contribution in [0.15, 0.2) is 35.5 Å². The minimum Gasteiger partial charge on any atom is -0.394 e. The van der Waals surface area contributed by atoms with E-state index in [1.54, 1.807) is 7.11 Å². The third-order valence-corrected chi connectivity index (χ3v) is 2.49. The monoisotopic (exact) mass is 250 g/mol. The lowest BCUT2D eigenvalue weighted by Crippen LogP contribution is -2.15. The van der Waals surface area contributed by atoms with Gasteiger partial charge in [0.2, 0.25) is 0 Å². The number of nitrogens with zero attached hydrogens (tertiary/aromatic N) is 1. The molecule has 0 aliphatic heterocycles. The summed E-state index contributed by atoms with van der Waals surface area (Å²) in [5.74, 6) is 0.512. The van der Waals surface area contributed by atoms with Crippen LogP contribution in [-0.2, 0) is 16.0 Å². The summed E-state index contributed by atoms with van der Waals surface area (Å²) in [5, 5.41) is 3.90. The number of benzene rings is 1. The zero-order valence-corrected chi connectivity index (χ0v) is 11.0. The molecule has 0 radical (unpaired) electrons. The number of amidine groups is 1. The second-order valence-electron chi connectivity index (χ2n) is 4.13. The Hall–Kier alpha value is -1.55. The van der Waals surface area contributed by atoms with Crippen molar-refractivity contribution in [3.63, 3.8) is 0 Å². The van der Waals surface area contributed by atoms with Crippen molar-refractivity contribution >= 4 is 5.84 Å². The molecule has 0 fully saturated rings. The van der Waals surface area contributed by atoms with E-state index in [0.717, 1.165) is 31.4 Å². The zero-order valence-electron chi connectivity index (χ0n) is 11.0. The van der Waals surface area contributed by atoms with Crippen LogP contribution in [-0.4, -0.2) is 26.2 Å². The molecule has 0 aliphatic rings. The minimum atomic E-state index is 0.512. The molecule has 18 heavy (non-hydrogen) atoms. The molecular weight excluding hydrogens is 228 g/mol. The zero-order chi connectivity index (χ0) is 13.1. The van der Waals surface area contributed by atoms with Crippen LogP contribution in [0, 0.1) is 0 Å². The molecule has 1 aromatic rings. The molecule has 4 nitrogen and oxygen atoms in total. The molecule has 0 heterocycles. The van der Waals surface area contributed by atoms with Crippen molar-refractivity contribution in [2.24, 2.45) is 10.9 Å². The van der Waals surface area contributed by atoms with E-state index in [2.05, 4.69) is 5.16 Å². The maximum atomic E-state index is 5.77. The Morgan fingerprint density at radius 3 is 2.56 bits per heavy atom. The van der Waals surface area contributed by atoms with Crippen LogP contribution >= 0.6 is 0 Å². The average Bonchev–Trinajstić information content (AvgIpc) is 2.39. The highest BCUT2D eigenvalue weighted by atomic mass is 16.6. The first-order valence-electron chi connectivity index (χ1n) is 6.30. The Kier molecular flexibility index (Phi) is 7.64. The van der Waals surface area contributed by atoms with Crippen molar-refractivity contribution in [2.45, 2.75) is 25.7 Å². The van der Waals surface area contributed by atoms with E-state index >= 15 is 0 Å². The predicted molar refractivity (Wildman–Crippen MR) is 73.4 cm³/mol. The van der Waals surface area contributed by atoms with E-state index in [9.17, 15) is 0 Å². The third kappa shape index (κ3) is 6.91. The van der Waals surface area contributed by atoms with Gasteiger partial charge in [-0.25, -0.2) is 0 Å². The summed E-state index contributed by atoms with van der Waals surface area (Å²) in [6.07, 6.45) is 3.75. The second-order valence-corrected chi connectivity index (χ2v) is 4.13. The van der Waals surface area contributed by atoms with Gasteiger partial charge in [-0.1, -0.05) is 35.5 Å². The summed E-state index contributed by atoms with van der Waals surface area (Å²) < 4.78 is 4.96. The van der Waals surface area contributed by atoms with Gasteiger partial charge >= 0.3 is 0 Å². The molecule has 100 valence electrons. The first-order valence-corrected chi connectivity index (χ1v) is 6.30. The normalized spacial score (nSPS) is 11.5. The number of methoxy groups -OCH3 is 1. The number of unbranched alkanes of at least 4 members (excludes halogenated alkanes) is 2. The molecule has 0 amide bonds. The number of rotatable bonds is 9. The average molecular weight is 250 g/mol. The lowest BCUT2D eigenvalue weighted by Gasteiger charge is -2.02. The molecular formula is C14H22N2O2. The molecule has 0 atom stereocenters. The van der Waals surface area contributed by atoms with Gasteiger partial charge < -0.3 is 15.3 Å². The molecule has 0 saturated heterocycles. The fraction of sp³-hybridized carbons (Fsp3) is 0.500. The predicted octanol–water partition coefficient (Wildman–Crippen LogP) is 2.33. The van der Waals surface area contributed by atoms with Crippen LogP contribution in [0.25, 0.3) is 0 Å². The molecule has 0 aromatic heterocycles. The Balaban J connectivity index is 2.11. The molecule has 4 heteroatoms.